The molecular formula is C12H11Cl2NO3. The number of benzene rings is 1. The molecule has 0 aromatic heterocycles. The number of rotatable bonds is 5. The average Bonchev–Trinajstić information content (AvgIpc) is 2.37. The van der Waals surface area contributed by atoms with Gasteiger partial charge in [0.2, 0.25) is 4.87 Å². The van der Waals surface area contributed by atoms with Crippen LogP contribution in [0.4, 0.5) is 5.69 Å². The molecule has 0 fully saturated rings. The van der Waals surface area contributed by atoms with Gasteiger partial charge in [-0.2, -0.15) is 0 Å². The molecule has 1 aromatic rings. The van der Waals surface area contributed by atoms with Crippen LogP contribution in [0.15, 0.2) is 30.3 Å². The topological polar surface area (TPSA) is 63.2 Å². The first-order valence-electron chi connectivity index (χ1n) is 5.08. The van der Waals surface area contributed by atoms with Gasteiger partial charge in [-0.15, -0.1) is 11.6 Å². The van der Waals surface area contributed by atoms with Crippen molar-refractivity contribution in [2.24, 2.45) is 0 Å². The van der Waals surface area contributed by atoms with E-state index in [4.69, 9.17) is 23.2 Å². The molecule has 0 saturated carbocycles. The molecule has 1 unspecified atom stereocenters. The van der Waals surface area contributed by atoms with Crippen molar-refractivity contribution in [1.29, 1.82) is 0 Å². The van der Waals surface area contributed by atoms with Gasteiger partial charge in [0.05, 0.1) is 5.88 Å². The van der Waals surface area contributed by atoms with Crippen molar-refractivity contribution >= 4 is 46.4 Å². The molecule has 1 rings (SSSR count). The fourth-order valence-electron chi connectivity index (χ4n) is 1.31. The number of Topliss-reactive ketones (excluding diaryl/α,β-unsaturated/α-hetero) is 2. The van der Waals surface area contributed by atoms with Crippen molar-refractivity contribution in [3.05, 3.63) is 30.3 Å². The molecule has 0 aliphatic carbocycles. The highest BCUT2D eigenvalue weighted by molar-refractivity contribution is 6.60. The number of halogens is 2. The lowest BCUT2D eigenvalue weighted by atomic mass is 9.98. The van der Waals surface area contributed by atoms with Crippen LogP contribution in [0.5, 0.6) is 0 Å². The van der Waals surface area contributed by atoms with E-state index in [1.165, 1.54) is 0 Å². The molecular weight excluding hydrogens is 277 g/mol. The molecule has 0 spiro atoms. The molecule has 0 radical (unpaired) electrons. The fourth-order valence-corrected chi connectivity index (χ4v) is 1.70. The van der Waals surface area contributed by atoms with Crippen molar-refractivity contribution in [3.63, 3.8) is 0 Å². The summed E-state index contributed by atoms with van der Waals surface area (Å²) in [5.74, 6) is -3.01. The summed E-state index contributed by atoms with van der Waals surface area (Å²) in [6, 6.07) is 8.38. The van der Waals surface area contributed by atoms with Crippen LogP contribution in [-0.2, 0) is 14.4 Å². The summed E-state index contributed by atoms with van der Waals surface area (Å²) in [7, 11) is 0. The van der Waals surface area contributed by atoms with E-state index in [-0.39, 0.29) is 0 Å². The molecule has 0 bridgehead atoms. The van der Waals surface area contributed by atoms with E-state index in [1.807, 2.05) is 0 Å². The Bertz CT molecular complexity index is 475. The number of hydrogen-bond donors (Lipinski definition) is 1. The van der Waals surface area contributed by atoms with Crippen molar-refractivity contribution < 1.29 is 14.4 Å². The lowest BCUT2D eigenvalue weighted by molar-refractivity contribution is -0.134. The molecule has 0 heterocycles. The summed E-state index contributed by atoms with van der Waals surface area (Å²) in [6.07, 6.45) is 0. The minimum Gasteiger partial charge on any atom is -0.324 e. The highest BCUT2D eigenvalue weighted by Gasteiger charge is 2.48. The summed E-state index contributed by atoms with van der Waals surface area (Å²) in [6.45, 7) is 1.07. The van der Waals surface area contributed by atoms with Crippen molar-refractivity contribution in [2.45, 2.75) is 11.8 Å². The van der Waals surface area contributed by atoms with Crippen LogP contribution in [0.3, 0.4) is 0 Å². The number of alkyl halides is 2. The Morgan fingerprint density at radius 3 is 2.22 bits per heavy atom. The maximum absolute atomic E-state index is 11.9. The van der Waals surface area contributed by atoms with E-state index in [9.17, 15) is 14.4 Å². The second kappa shape index (κ2) is 5.98. The predicted molar refractivity (Wildman–Crippen MR) is 70.1 cm³/mol. The van der Waals surface area contributed by atoms with Crippen LogP contribution in [0.1, 0.15) is 6.92 Å². The standard InChI is InChI=1S/C12H11Cl2NO3/c1-8(16)12(14,10(17)7-13)11(18)15-9-5-3-2-4-6-9/h2-6H,7H2,1H3,(H,15,18). The molecule has 6 heteroatoms. The summed E-state index contributed by atoms with van der Waals surface area (Å²) < 4.78 is 0. The number of anilines is 1. The van der Waals surface area contributed by atoms with Gasteiger partial charge in [0.1, 0.15) is 0 Å². The summed E-state index contributed by atoms with van der Waals surface area (Å²) in [5.41, 5.74) is 0.441. The SMILES string of the molecule is CC(=O)C(Cl)(C(=O)CCl)C(=O)Nc1ccccc1. The third-order valence-electron chi connectivity index (χ3n) is 2.34. The number of carbonyl (C=O) groups excluding carboxylic acids is 3. The van der Waals surface area contributed by atoms with E-state index in [2.05, 4.69) is 5.32 Å². The van der Waals surface area contributed by atoms with Gasteiger partial charge in [0, 0.05) is 5.69 Å². The van der Waals surface area contributed by atoms with Crippen molar-refractivity contribution in [3.8, 4) is 0 Å². The third kappa shape index (κ3) is 2.89. The van der Waals surface area contributed by atoms with Gasteiger partial charge in [0.25, 0.3) is 5.91 Å². The van der Waals surface area contributed by atoms with E-state index in [1.54, 1.807) is 30.3 Å². The van der Waals surface area contributed by atoms with Gasteiger partial charge >= 0.3 is 0 Å². The van der Waals surface area contributed by atoms with Gasteiger partial charge in [-0.25, -0.2) is 0 Å². The Labute approximate surface area is 114 Å². The lowest BCUT2D eigenvalue weighted by Crippen LogP contribution is -2.51. The number of hydrogen-bond acceptors (Lipinski definition) is 3. The van der Waals surface area contributed by atoms with Crippen LogP contribution in [0.25, 0.3) is 0 Å². The molecule has 18 heavy (non-hydrogen) atoms. The monoisotopic (exact) mass is 287 g/mol. The first-order valence-corrected chi connectivity index (χ1v) is 6.00. The van der Waals surface area contributed by atoms with Crippen LogP contribution < -0.4 is 5.32 Å². The zero-order valence-electron chi connectivity index (χ0n) is 9.57. The Hall–Kier alpha value is -1.39. The van der Waals surface area contributed by atoms with E-state index in [0.29, 0.717) is 5.69 Å². The molecule has 0 aliphatic heterocycles. The van der Waals surface area contributed by atoms with Gasteiger partial charge in [-0.1, -0.05) is 29.8 Å². The van der Waals surface area contributed by atoms with E-state index >= 15 is 0 Å². The predicted octanol–water partition coefficient (Wildman–Crippen LogP) is 2.00. The number of carbonyl (C=O) groups is 3. The second-order valence-corrected chi connectivity index (χ2v) is 4.43. The molecule has 1 amide bonds. The van der Waals surface area contributed by atoms with E-state index in [0.717, 1.165) is 6.92 Å². The minimum absolute atomic E-state index is 0.441. The van der Waals surface area contributed by atoms with Crippen LogP contribution in [0, 0.1) is 0 Å². The zero-order chi connectivity index (χ0) is 13.8. The number of ketones is 2. The molecule has 4 nitrogen and oxygen atoms in total. The maximum atomic E-state index is 11.9. The molecule has 1 aromatic carbocycles. The molecule has 1 N–H and O–H groups in total. The Kier molecular flexibility index (Phi) is 4.87. The molecule has 96 valence electrons. The van der Waals surface area contributed by atoms with Gasteiger partial charge in [-0.3, -0.25) is 14.4 Å². The van der Waals surface area contributed by atoms with Crippen LogP contribution in [-0.4, -0.2) is 28.2 Å². The Balaban J connectivity index is 2.98. The summed E-state index contributed by atoms with van der Waals surface area (Å²) in [4.78, 5) is 32.7. The summed E-state index contributed by atoms with van der Waals surface area (Å²) in [5, 5.41) is 2.41. The van der Waals surface area contributed by atoms with Crippen LogP contribution >= 0.6 is 23.2 Å². The number of amides is 1. The highest BCUT2D eigenvalue weighted by atomic mass is 35.5. The van der Waals surface area contributed by atoms with Gasteiger partial charge in [-0.05, 0) is 19.1 Å². The number of para-hydroxylation sites is 1. The molecule has 1 atom stereocenters. The molecule has 0 saturated heterocycles. The fraction of sp³-hybridized carbons (Fsp3) is 0.250. The lowest BCUT2D eigenvalue weighted by Gasteiger charge is -2.20. The minimum atomic E-state index is -2.27. The summed E-state index contributed by atoms with van der Waals surface area (Å²) >= 11 is 11.2. The third-order valence-corrected chi connectivity index (χ3v) is 3.23. The molecule has 0 aliphatic rings. The van der Waals surface area contributed by atoms with E-state index < -0.39 is 28.2 Å². The van der Waals surface area contributed by atoms with Crippen molar-refractivity contribution in [2.75, 3.05) is 11.2 Å². The number of nitrogens with one attached hydrogen (secondary N) is 1. The van der Waals surface area contributed by atoms with Gasteiger partial charge in [0.15, 0.2) is 11.6 Å². The normalized spacial score (nSPS) is 13.5. The highest BCUT2D eigenvalue weighted by Crippen LogP contribution is 2.22. The second-order valence-electron chi connectivity index (χ2n) is 3.59. The van der Waals surface area contributed by atoms with Crippen LogP contribution in [0.2, 0.25) is 0 Å². The first-order chi connectivity index (χ1) is 8.42. The smallest absolute Gasteiger partial charge is 0.260 e. The Morgan fingerprint density at radius 1 is 1.22 bits per heavy atom. The zero-order valence-corrected chi connectivity index (χ0v) is 11.1. The van der Waals surface area contributed by atoms with Crippen molar-refractivity contribution in [1.82, 2.24) is 0 Å². The average molecular weight is 288 g/mol. The quantitative estimate of drug-likeness (QED) is 0.665. The van der Waals surface area contributed by atoms with Gasteiger partial charge < -0.3 is 5.32 Å². The largest absolute Gasteiger partial charge is 0.324 e. The first kappa shape index (κ1) is 14.7. The maximum Gasteiger partial charge on any atom is 0.260 e. The Morgan fingerprint density at radius 2 is 1.78 bits per heavy atom.